The minimum Gasteiger partial charge on any atom is -0.440 e. The number of halogens is 1. The van der Waals surface area contributed by atoms with Gasteiger partial charge in [0.2, 0.25) is 0 Å². The Bertz CT molecular complexity index is 1110. The summed E-state index contributed by atoms with van der Waals surface area (Å²) in [5.74, 6) is -1.98. The Hall–Kier alpha value is -3.74. The van der Waals surface area contributed by atoms with Gasteiger partial charge in [0.1, 0.15) is 5.82 Å². The Morgan fingerprint density at radius 3 is 2.14 bits per heavy atom. The van der Waals surface area contributed by atoms with Crippen LogP contribution in [-0.4, -0.2) is 34.0 Å². The first-order chi connectivity index (χ1) is 13.9. The molecule has 0 bridgehead atoms. The molecule has 1 aliphatic rings. The largest absolute Gasteiger partial charge is 0.440 e. The average Bonchev–Trinajstić information content (AvgIpc) is 3.14. The average molecular weight is 392 g/mol. The number of imide groups is 1. The highest BCUT2D eigenvalue weighted by atomic mass is 19.1. The number of aromatic nitrogens is 1. The molecule has 0 fully saturated rings. The lowest BCUT2D eigenvalue weighted by atomic mass is 10.1. The van der Waals surface area contributed by atoms with E-state index in [9.17, 15) is 18.8 Å². The molecule has 0 aliphatic carbocycles. The van der Waals surface area contributed by atoms with Gasteiger partial charge in [-0.1, -0.05) is 12.1 Å². The Labute approximate surface area is 166 Å². The zero-order chi connectivity index (χ0) is 20.7. The maximum Gasteiger partial charge on any atom is 0.341 e. The van der Waals surface area contributed by atoms with E-state index in [-0.39, 0.29) is 5.82 Å². The number of nitrogens with zero attached hydrogens (tertiary/aromatic N) is 2. The summed E-state index contributed by atoms with van der Waals surface area (Å²) in [7, 11) is 0. The third-order valence-corrected chi connectivity index (χ3v) is 4.94. The van der Waals surface area contributed by atoms with Crippen molar-refractivity contribution in [1.82, 2.24) is 9.47 Å². The van der Waals surface area contributed by atoms with Crippen molar-refractivity contribution in [3.05, 3.63) is 88.5 Å². The molecular weight excluding hydrogens is 375 g/mol. The van der Waals surface area contributed by atoms with Crippen molar-refractivity contribution < 1.29 is 23.5 Å². The van der Waals surface area contributed by atoms with Crippen LogP contribution in [-0.2, 0) is 4.74 Å². The first-order valence-electron chi connectivity index (χ1n) is 8.95. The Balaban J connectivity index is 1.53. The second-order valence-electron chi connectivity index (χ2n) is 6.74. The maximum absolute atomic E-state index is 13.2. The summed E-state index contributed by atoms with van der Waals surface area (Å²) in [6.45, 7) is 3.09. The zero-order valence-corrected chi connectivity index (χ0v) is 15.8. The van der Waals surface area contributed by atoms with E-state index in [0.29, 0.717) is 28.1 Å². The number of aryl methyl sites for hydroxylation is 1. The molecule has 2 amide bonds. The Kier molecular flexibility index (Phi) is 4.50. The predicted octanol–water partition coefficient (Wildman–Crippen LogP) is 3.64. The minimum atomic E-state index is -0.650. The zero-order valence-electron chi connectivity index (χ0n) is 15.8. The van der Waals surface area contributed by atoms with Gasteiger partial charge in [-0.15, -0.1) is 0 Å². The van der Waals surface area contributed by atoms with Crippen LogP contribution in [0.15, 0.2) is 54.6 Å². The van der Waals surface area contributed by atoms with Crippen molar-refractivity contribution >= 4 is 17.8 Å². The Morgan fingerprint density at radius 1 is 0.966 bits per heavy atom. The number of carbonyl (C=O) groups is 3. The number of carbonyl (C=O) groups excluding carboxylic acids is 3. The number of hydrogen-bond donors (Lipinski definition) is 0. The van der Waals surface area contributed by atoms with Crippen molar-refractivity contribution in [2.75, 3.05) is 6.73 Å². The van der Waals surface area contributed by atoms with Crippen LogP contribution >= 0.6 is 0 Å². The van der Waals surface area contributed by atoms with Gasteiger partial charge in [-0.2, -0.15) is 0 Å². The van der Waals surface area contributed by atoms with Crippen molar-refractivity contribution in [1.29, 1.82) is 0 Å². The molecule has 7 heteroatoms. The lowest BCUT2D eigenvalue weighted by Crippen LogP contribution is -2.33. The molecule has 6 nitrogen and oxygen atoms in total. The number of fused-ring (bicyclic) bond motifs is 1. The van der Waals surface area contributed by atoms with Gasteiger partial charge in [0, 0.05) is 17.1 Å². The van der Waals surface area contributed by atoms with E-state index in [2.05, 4.69) is 0 Å². The standard InChI is InChI=1S/C22H17FN2O4/c1-13-11-19(14(2)25(13)16-9-7-15(23)8-10-16)22(28)29-12-24-20(26)17-5-3-4-6-18(17)21(24)27/h3-11H,12H2,1-2H3. The fourth-order valence-electron chi connectivity index (χ4n) is 3.51. The molecule has 29 heavy (non-hydrogen) atoms. The Morgan fingerprint density at radius 2 is 1.55 bits per heavy atom. The van der Waals surface area contributed by atoms with E-state index in [1.54, 1.807) is 54.0 Å². The minimum absolute atomic E-state index is 0.294. The second kappa shape index (κ2) is 7.01. The molecule has 0 spiro atoms. The van der Waals surface area contributed by atoms with E-state index >= 15 is 0 Å². The van der Waals surface area contributed by atoms with E-state index in [4.69, 9.17) is 4.74 Å². The van der Waals surface area contributed by atoms with E-state index in [1.165, 1.54) is 12.1 Å². The summed E-state index contributed by atoms with van der Waals surface area (Å²) in [5.41, 5.74) is 2.98. The summed E-state index contributed by atoms with van der Waals surface area (Å²) < 4.78 is 20.3. The lowest BCUT2D eigenvalue weighted by molar-refractivity contribution is 0.0227. The number of benzene rings is 2. The number of hydrogen-bond acceptors (Lipinski definition) is 4. The highest BCUT2D eigenvalue weighted by Gasteiger charge is 2.36. The summed E-state index contributed by atoms with van der Waals surface area (Å²) in [4.78, 5) is 38.3. The summed E-state index contributed by atoms with van der Waals surface area (Å²) >= 11 is 0. The molecule has 2 heterocycles. The lowest BCUT2D eigenvalue weighted by Gasteiger charge is -2.14. The number of rotatable bonds is 4. The normalized spacial score (nSPS) is 13.0. The molecule has 0 saturated heterocycles. The smallest absolute Gasteiger partial charge is 0.341 e. The van der Waals surface area contributed by atoms with Gasteiger partial charge in [0.15, 0.2) is 6.73 Å². The first-order valence-corrected chi connectivity index (χ1v) is 8.95. The van der Waals surface area contributed by atoms with Gasteiger partial charge in [-0.3, -0.25) is 9.59 Å². The molecule has 0 unspecified atom stereocenters. The van der Waals surface area contributed by atoms with Gasteiger partial charge < -0.3 is 9.30 Å². The SMILES string of the molecule is Cc1cc(C(=O)OCN2C(=O)c3ccccc3C2=O)c(C)n1-c1ccc(F)cc1. The van der Waals surface area contributed by atoms with Crippen molar-refractivity contribution in [3.8, 4) is 5.69 Å². The van der Waals surface area contributed by atoms with Gasteiger partial charge in [-0.05, 0) is 56.3 Å². The molecule has 0 N–H and O–H groups in total. The molecule has 0 radical (unpaired) electrons. The quantitative estimate of drug-likeness (QED) is 0.502. The fourth-order valence-corrected chi connectivity index (χ4v) is 3.51. The van der Waals surface area contributed by atoms with E-state index < -0.39 is 24.5 Å². The fraction of sp³-hybridized carbons (Fsp3) is 0.136. The topological polar surface area (TPSA) is 68.6 Å². The molecule has 2 aromatic carbocycles. The highest BCUT2D eigenvalue weighted by Crippen LogP contribution is 2.24. The third kappa shape index (κ3) is 3.10. The molecule has 3 aromatic rings. The van der Waals surface area contributed by atoms with Crippen LogP contribution in [0.25, 0.3) is 5.69 Å². The molecule has 1 aromatic heterocycles. The van der Waals surface area contributed by atoms with Crippen LogP contribution in [0.1, 0.15) is 42.5 Å². The third-order valence-electron chi connectivity index (χ3n) is 4.94. The highest BCUT2D eigenvalue weighted by molar-refractivity contribution is 6.21. The summed E-state index contributed by atoms with van der Waals surface area (Å²) in [6.07, 6.45) is 0. The van der Waals surface area contributed by atoms with Gasteiger partial charge >= 0.3 is 5.97 Å². The second-order valence-corrected chi connectivity index (χ2v) is 6.74. The summed E-state index contributed by atoms with van der Waals surface area (Å²) in [5, 5.41) is 0. The van der Waals surface area contributed by atoms with Gasteiger partial charge in [0.05, 0.1) is 16.7 Å². The van der Waals surface area contributed by atoms with Gasteiger partial charge in [-0.25, -0.2) is 14.1 Å². The monoisotopic (exact) mass is 392 g/mol. The molecule has 4 rings (SSSR count). The molecule has 146 valence electrons. The van der Waals surface area contributed by atoms with E-state index in [0.717, 1.165) is 10.6 Å². The number of amides is 2. The van der Waals surface area contributed by atoms with Crippen LogP contribution in [0, 0.1) is 19.7 Å². The van der Waals surface area contributed by atoms with Crippen LogP contribution in [0.2, 0.25) is 0 Å². The first kappa shape index (κ1) is 18.6. The van der Waals surface area contributed by atoms with Gasteiger partial charge in [0.25, 0.3) is 11.8 Å². The molecular formula is C22H17FN2O4. The van der Waals surface area contributed by atoms with Crippen molar-refractivity contribution in [2.45, 2.75) is 13.8 Å². The number of esters is 1. The molecule has 1 aliphatic heterocycles. The summed E-state index contributed by atoms with van der Waals surface area (Å²) in [6, 6.07) is 14.0. The van der Waals surface area contributed by atoms with Crippen LogP contribution < -0.4 is 0 Å². The van der Waals surface area contributed by atoms with Crippen LogP contribution in [0.4, 0.5) is 4.39 Å². The van der Waals surface area contributed by atoms with Crippen LogP contribution in [0.3, 0.4) is 0 Å². The molecule has 0 atom stereocenters. The van der Waals surface area contributed by atoms with Crippen LogP contribution in [0.5, 0.6) is 0 Å². The van der Waals surface area contributed by atoms with E-state index in [1.807, 2.05) is 6.92 Å². The maximum atomic E-state index is 13.2. The number of ether oxygens (including phenoxy) is 1. The predicted molar refractivity (Wildman–Crippen MR) is 102 cm³/mol. The van der Waals surface area contributed by atoms with Crippen molar-refractivity contribution in [3.63, 3.8) is 0 Å². The molecule has 0 saturated carbocycles. The van der Waals surface area contributed by atoms with Crippen molar-refractivity contribution in [2.24, 2.45) is 0 Å².